The first kappa shape index (κ1) is 23.2. The van der Waals surface area contributed by atoms with Gasteiger partial charge in [-0.1, -0.05) is 23.7 Å². The number of nitrogens with zero attached hydrogens (tertiary/aromatic N) is 3. The number of benzene rings is 2. The first-order chi connectivity index (χ1) is 16.2. The van der Waals surface area contributed by atoms with Gasteiger partial charge in [0.1, 0.15) is 11.6 Å². The maximum atomic E-state index is 12.4. The summed E-state index contributed by atoms with van der Waals surface area (Å²) in [6.07, 6.45) is 0. The van der Waals surface area contributed by atoms with E-state index in [4.69, 9.17) is 16.7 Å². The van der Waals surface area contributed by atoms with E-state index in [9.17, 15) is 18.5 Å². The summed E-state index contributed by atoms with van der Waals surface area (Å²) in [6, 6.07) is 14.4. The van der Waals surface area contributed by atoms with Gasteiger partial charge in [0.2, 0.25) is 16.0 Å². The minimum absolute atomic E-state index is 0.00521. The Hall–Kier alpha value is -3.96. The predicted molar refractivity (Wildman–Crippen MR) is 130 cm³/mol. The third-order valence-corrected chi connectivity index (χ3v) is 6.34. The first-order valence-electron chi connectivity index (χ1n) is 9.41. The Balaban J connectivity index is 1.48. The fraction of sp³-hybridized carbons (Fsp3) is 0. The van der Waals surface area contributed by atoms with Crippen LogP contribution in [-0.4, -0.2) is 23.4 Å². The molecule has 0 bridgehead atoms. The molecule has 34 heavy (non-hydrogen) atoms. The third kappa shape index (κ3) is 5.33. The number of aromatic amines is 1. The predicted octanol–water partition coefficient (Wildman–Crippen LogP) is 3.25. The van der Waals surface area contributed by atoms with Crippen LogP contribution in [0.5, 0.6) is 0 Å². The van der Waals surface area contributed by atoms with Crippen LogP contribution in [-0.2, 0) is 10.0 Å². The Bertz CT molecular complexity index is 1540. The van der Waals surface area contributed by atoms with Gasteiger partial charge in [0.15, 0.2) is 10.9 Å². The SMILES string of the molecule is N#Cc1c(-c2ccc(Cl)cc2)nc(NNc2csc(Nc3ccc(S(N)(=O)=O)cc3)n2)[nH]c1=O. The van der Waals surface area contributed by atoms with Crippen molar-refractivity contribution >= 4 is 55.5 Å². The molecule has 0 radical (unpaired) electrons. The van der Waals surface area contributed by atoms with E-state index in [2.05, 4.69) is 31.1 Å². The van der Waals surface area contributed by atoms with E-state index < -0.39 is 15.6 Å². The minimum atomic E-state index is -3.77. The number of nitrogens with one attached hydrogen (secondary N) is 4. The lowest BCUT2D eigenvalue weighted by molar-refractivity contribution is 0.598. The van der Waals surface area contributed by atoms with Gasteiger partial charge in [-0.05, 0) is 36.4 Å². The number of rotatable bonds is 7. The van der Waals surface area contributed by atoms with Gasteiger partial charge in [-0.2, -0.15) is 5.26 Å². The summed E-state index contributed by atoms with van der Waals surface area (Å²) < 4.78 is 22.7. The first-order valence-corrected chi connectivity index (χ1v) is 12.2. The molecular formula is C20H15ClN8O3S2. The monoisotopic (exact) mass is 514 g/mol. The Morgan fingerprint density at radius 2 is 1.76 bits per heavy atom. The second-order valence-corrected chi connectivity index (χ2v) is 9.60. The fourth-order valence-corrected chi connectivity index (χ4v) is 4.12. The Morgan fingerprint density at radius 3 is 2.41 bits per heavy atom. The molecular weight excluding hydrogens is 500 g/mol. The molecule has 0 aliphatic rings. The quantitative estimate of drug-likeness (QED) is 0.231. The summed E-state index contributed by atoms with van der Waals surface area (Å²) in [5.41, 5.74) is 6.24. The van der Waals surface area contributed by atoms with E-state index >= 15 is 0 Å². The van der Waals surface area contributed by atoms with Crippen molar-refractivity contribution in [2.75, 3.05) is 16.2 Å². The van der Waals surface area contributed by atoms with Gasteiger partial charge in [-0.15, -0.1) is 11.3 Å². The lowest BCUT2D eigenvalue weighted by Crippen LogP contribution is -2.20. The van der Waals surface area contributed by atoms with Crippen molar-refractivity contribution in [1.82, 2.24) is 15.0 Å². The average Bonchev–Trinajstić information content (AvgIpc) is 3.25. The normalized spacial score (nSPS) is 11.0. The van der Waals surface area contributed by atoms with Crippen LogP contribution in [0.4, 0.5) is 22.6 Å². The van der Waals surface area contributed by atoms with Crippen LogP contribution in [0, 0.1) is 11.3 Å². The number of nitrogens with two attached hydrogens (primary N) is 1. The highest BCUT2D eigenvalue weighted by molar-refractivity contribution is 7.89. The van der Waals surface area contributed by atoms with Crippen LogP contribution < -0.4 is 26.9 Å². The fourth-order valence-electron chi connectivity index (χ4n) is 2.82. The smallest absolute Gasteiger partial charge is 0.270 e. The number of aromatic nitrogens is 3. The second-order valence-electron chi connectivity index (χ2n) is 6.74. The topological polar surface area (TPSA) is 179 Å². The summed E-state index contributed by atoms with van der Waals surface area (Å²) in [5, 5.41) is 20.3. The van der Waals surface area contributed by atoms with Crippen LogP contribution in [0.1, 0.15) is 5.56 Å². The number of H-pyrrole nitrogens is 1. The summed E-state index contributed by atoms with van der Waals surface area (Å²) in [6.45, 7) is 0. The maximum Gasteiger partial charge on any atom is 0.270 e. The largest absolute Gasteiger partial charge is 0.331 e. The van der Waals surface area contributed by atoms with Crippen LogP contribution in [0.15, 0.2) is 63.6 Å². The molecule has 0 saturated heterocycles. The molecule has 0 unspecified atom stereocenters. The summed E-state index contributed by atoms with van der Waals surface area (Å²) in [4.78, 5) is 23.5. The van der Waals surface area contributed by atoms with Crippen LogP contribution >= 0.6 is 22.9 Å². The highest BCUT2D eigenvalue weighted by atomic mass is 35.5. The van der Waals surface area contributed by atoms with Crippen molar-refractivity contribution in [2.24, 2.45) is 5.14 Å². The van der Waals surface area contributed by atoms with E-state index in [0.29, 0.717) is 27.2 Å². The number of primary sulfonamides is 1. The molecule has 6 N–H and O–H groups in total. The zero-order valence-corrected chi connectivity index (χ0v) is 19.4. The van der Waals surface area contributed by atoms with Crippen molar-refractivity contribution < 1.29 is 8.42 Å². The molecule has 0 spiro atoms. The second kappa shape index (κ2) is 9.49. The zero-order valence-electron chi connectivity index (χ0n) is 17.0. The molecule has 0 aliphatic heterocycles. The van der Waals surface area contributed by atoms with Crippen LogP contribution in [0.3, 0.4) is 0 Å². The van der Waals surface area contributed by atoms with Gasteiger partial charge in [0.25, 0.3) is 5.56 Å². The molecule has 0 atom stereocenters. The lowest BCUT2D eigenvalue weighted by Gasteiger charge is -2.09. The number of halogens is 1. The molecule has 4 aromatic rings. The van der Waals surface area contributed by atoms with Crippen molar-refractivity contribution in [3.05, 3.63) is 74.9 Å². The summed E-state index contributed by atoms with van der Waals surface area (Å²) in [7, 11) is -3.77. The van der Waals surface area contributed by atoms with E-state index in [1.807, 2.05) is 6.07 Å². The van der Waals surface area contributed by atoms with Crippen LogP contribution in [0.2, 0.25) is 5.02 Å². The van der Waals surface area contributed by atoms with Gasteiger partial charge >= 0.3 is 0 Å². The van der Waals surface area contributed by atoms with Gasteiger partial charge in [-0.25, -0.2) is 23.5 Å². The summed E-state index contributed by atoms with van der Waals surface area (Å²) in [5.74, 6) is 0.503. The Kier molecular flexibility index (Phi) is 6.48. The molecule has 4 rings (SSSR count). The van der Waals surface area contributed by atoms with Gasteiger partial charge in [0.05, 0.1) is 10.6 Å². The molecule has 0 saturated carbocycles. The van der Waals surface area contributed by atoms with E-state index in [1.54, 1.807) is 41.8 Å². The number of anilines is 4. The maximum absolute atomic E-state index is 12.4. The standard InChI is InChI=1S/C20H15ClN8O3S2/c21-12-3-1-11(2-4-12)17-15(9-22)18(30)27-19(26-17)29-28-16-10-33-20(25-16)24-13-5-7-14(8-6-13)34(23,31)32/h1-8,10,28H,(H,24,25)(H2,23,31,32)(H2,26,27,29,30). The average molecular weight is 515 g/mol. The van der Waals surface area contributed by atoms with Gasteiger partial charge in [-0.3, -0.25) is 20.6 Å². The summed E-state index contributed by atoms with van der Waals surface area (Å²) >= 11 is 7.20. The van der Waals surface area contributed by atoms with Crippen molar-refractivity contribution in [3.8, 4) is 17.3 Å². The third-order valence-electron chi connectivity index (χ3n) is 4.40. The van der Waals surface area contributed by atoms with E-state index in [1.165, 1.54) is 23.5 Å². The number of sulfonamides is 1. The van der Waals surface area contributed by atoms with Crippen molar-refractivity contribution in [1.29, 1.82) is 5.26 Å². The Labute approximate surface area is 202 Å². The number of thiazole rings is 1. The number of hydrazine groups is 1. The zero-order chi connectivity index (χ0) is 24.3. The van der Waals surface area contributed by atoms with Crippen molar-refractivity contribution in [2.45, 2.75) is 4.90 Å². The van der Waals surface area contributed by atoms with Gasteiger partial charge in [0, 0.05) is 21.7 Å². The number of nitriles is 1. The molecule has 0 aliphatic carbocycles. The lowest BCUT2D eigenvalue weighted by atomic mass is 10.1. The van der Waals surface area contributed by atoms with Crippen LogP contribution in [0.25, 0.3) is 11.3 Å². The molecule has 0 amide bonds. The number of hydrogen-bond acceptors (Lipinski definition) is 10. The van der Waals surface area contributed by atoms with E-state index in [0.717, 1.165) is 0 Å². The highest BCUT2D eigenvalue weighted by Gasteiger charge is 2.14. The molecule has 14 heteroatoms. The molecule has 11 nitrogen and oxygen atoms in total. The minimum Gasteiger partial charge on any atom is -0.331 e. The molecule has 2 aromatic heterocycles. The Morgan fingerprint density at radius 1 is 1.06 bits per heavy atom. The molecule has 2 heterocycles. The molecule has 2 aromatic carbocycles. The van der Waals surface area contributed by atoms with Gasteiger partial charge < -0.3 is 5.32 Å². The molecule has 0 fully saturated rings. The van der Waals surface area contributed by atoms with Crippen molar-refractivity contribution in [3.63, 3.8) is 0 Å². The number of hydrogen-bond donors (Lipinski definition) is 5. The highest BCUT2D eigenvalue weighted by Crippen LogP contribution is 2.25. The molecule has 172 valence electrons. The van der Waals surface area contributed by atoms with E-state index in [-0.39, 0.29) is 22.1 Å².